The van der Waals surface area contributed by atoms with Crippen LogP contribution in [0.3, 0.4) is 0 Å². The second-order valence-corrected chi connectivity index (χ2v) is 6.76. The summed E-state index contributed by atoms with van der Waals surface area (Å²) in [7, 11) is -2.35. The Kier molecular flexibility index (Phi) is 7.54. The van der Waals surface area contributed by atoms with Crippen LogP contribution in [-0.2, 0) is 24.3 Å². The van der Waals surface area contributed by atoms with Gasteiger partial charge in [-0.25, -0.2) is 8.42 Å². The highest BCUT2D eigenvalue weighted by atomic mass is 32.2. The van der Waals surface area contributed by atoms with E-state index in [4.69, 9.17) is 4.74 Å². The van der Waals surface area contributed by atoms with Crippen LogP contribution in [0.4, 0.5) is 0 Å². The third-order valence-corrected chi connectivity index (χ3v) is 4.04. The van der Waals surface area contributed by atoms with Crippen LogP contribution in [0.5, 0.6) is 0 Å². The quantitative estimate of drug-likeness (QED) is 0.643. The Morgan fingerprint density at radius 3 is 2.37 bits per heavy atom. The molecule has 0 aliphatic rings. The van der Waals surface area contributed by atoms with Gasteiger partial charge in [-0.3, -0.25) is 4.79 Å². The van der Waals surface area contributed by atoms with E-state index in [0.717, 1.165) is 0 Å². The number of sulfonamides is 1. The van der Waals surface area contributed by atoms with Gasteiger partial charge in [0.2, 0.25) is 10.0 Å². The van der Waals surface area contributed by atoms with Gasteiger partial charge in [-0.2, -0.15) is 4.72 Å². The second kappa shape index (κ2) is 7.81. The molecule has 1 unspecified atom stereocenters. The molecule has 1 N–H and O–H groups in total. The predicted molar refractivity (Wildman–Crippen MR) is 73.3 cm³/mol. The number of carbonyl (C=O) groups excluding carboxylic acids is 1. The van der Waals surface area contributed by atoms with Crippen LogP contribution < -0.4 is 4.72 Å². The molecule has 0 aliphatic heterocycles. The molecule has 0 aromatic rings. The van der Waals surface area contributed by atoms with E-state index < -0.39 is 21.5 Å². The molecular weight excluding hydrogens is 270 g/mol. The van der Waals surface area contributed by atoms with Crippen molar-refractivity contribution in [3.05, 3.63) is 0 Å². The molecule has 0 fully saturated rings. The van der Waals surface area contributed by atoms with Crippen molar-refractivity contribution in [2.75, 3.05) is 19.5 Å². The average molecular weight is 295 g/mol. The number of carbonyl (C=O) groups is 1. The number of hydrogen-bond donors (Lipinski definition) is 1. The molecule has 0 rings (SSSR count). The monoisotopic (exact) mass is 295 g/mol. The summed E-state index contributed by atoms with van der Waals surface area (Å²) in [6.45, 7) is 7.16. The van der Waals surface area contributed by atoms with E-state index in [0.29, 0.717) is 12.8 Å². The zero-order chi connectivity index (χ0) is 15.1. The van der Waals surface area contributed by atoms with Gasteiger partial charge in [0.05, 0.1) is 25.6 Å². The molecule has 0 saturated carbocycles. The zero-order valence-corrected chi connectivity index (χ0v) is 13.2. The van der Waals surface area contributed by atoms with Crippen LogP contribution in [0.15, 0.2) is 0 Å². The Balaban J connectivity index is 4.69. The number of nitrogens with one attached hydrogen (secondary N) is 1. The van der Waals surface area contributed by atoms with Crippen molar-refractivity contribution >= 4 is 16.0 Å². The van der Waals surface area contributed by atoms with Crippen molar-refractivity contribution in [2.24, 2.45) is 0 Å². The third-order valence-electron chi connectivity index (χ3n) is 2.57. The Morgan fingerprint density at radius 2 is 1.95 bits per heavy atom. The smallest absolute Gasteiger partial charge is 0.326 e. The normalized spacial score (nSPS) is 15.3. The van der Waals surface area contributed by atoms with Gasteiger partial charge in [0.15, 0.2) is 0 Å². The number of hydrogen-bond acceptors (Lipinski definition) is 5. The Labute approximate surface area is 115 Å². The van der Waals surface area contributed by atoms with Crippen LogP contribution in [0.25, 0.3) is 0 Å². The third kappa shape index (κ3) is 6.89. The van der Waals surface area contributed by atoms with E-state index in [-0.39, 0.29) is 18.5 Å². The Hall–Kier alpha value is -0.660. The summed E-state index contributed by atoms with van der Waals surface area (Å²) < 4.78 is 36.1. The first kappa shape index (κ1) is 18.3. The topological polar surface area (TPSA) is 81.7 Å². The van der Waals surface area contributed by atoms with Gasteiger partial charge in [-0.05, 0) is 27.2 Å². The fourth-order valence-corrected chi connectivity index (χ4v) is 3.00. The predicted octanol–water partition coefficient (Wildman–Crippen LogP) is 1.06. The molecule has 19 heavy (non-hydrogen) atoms. The minimum atomic E-state index is -3.59. The summed E-state index contributed by atoms with van der Waals surface area (Å²) in [6, 6.07) is 0. The molecule has 0 spiro atoms. The molecular formula is C12H25NO5S. The summed E-state index contributed by atoms with van der Waals surface area (Å²) in [5.74, 6) is -0.760. The summed E-state index contributed by atoms with van der Waals surface area (Å²) in [5.41, 5.74) is -1.22. The van der Waals surface area contributed by atoms with Gasteiger partial charge >= 0.3 is 5.97 Å². The van der Waals surface area contributed by atoms with E-state index in [1.165, 1.54) is 14.0 Å². The van der Waals surface area contributed by atoms with Crippen LogP contribution >= 0.6 is 0 Å². The van der Waals surface area contributed by atoms with Crippen LogP contribution in [0.2, 0.25) is 0 Å². The van der Waals surface area contributed by atoms with Crippen molar-refractivity contribution in [3.8, 4) is 0 Å². The average Bonchev–Trinajstić information content (AvgIpc) is 2.26. The molecule has 114 valence electrons. The van der Waals surface area contributed by atoms with Crippen LogP contribution in [0, 0.1) is 0 Å². The van der Waals surface area contributed by atoms with Crippen LogP contribution in [-0.4, -0.2) is 45.5 Å². The van der Waals surface area contributed by atoms with Gasteiger partial charge in [0, 0.05) is 0 Å². The van der Waals surface area contributed by atoms with Crippen molar-refractivity contribution < 1.29 is 22.7 Å². The highest BCUT2D eigenvalue weighted by molar-refractivity contribution is 7.89. The zero-order valence-electron chi connectivity index (χ0n) is 12.4. The highest BCUT2D eigenvalue weighted by Crippen LogP contribution is 2.16. The summed E-state index contributed by atoms with van der Waals surface area (Å²) >= 11 is 0. The van der Waals surface area contributed by atoms with Crippen molar-refractivity contribution in [3.63, 3.8) is 0 Å². The van der Waals surface area contributed by atoms with E-state index in [1.54, 1.807) is 0 Å². The van der Waals surface area contributed by atoms with Crippen molar-refractivity contribution in [2.45, 2.75) is 52.2 Å². The van der Waals surface area contributed by atoms with Crippen molar-refractivity contribution in [1.82, 2.24) is 4.72 Å². The molecule has 7 heteroatoms. The highest BCUT2D eigenvalue weighted by Gasteiger charge is 2.37. The number of ether oxygens (including phenoxy) is 2. The molecule has 0 bridgehead atoms. The Morgan fingerprint density at radius 1 is 1.37 bits per heavy atom. The second-order valence-electron chi connectivity index (χ2n) is 4.91. The number of methoxy groups -OCH3 is 1. The minimum absolute atomic E-state index is 0.0298. The van der Waals surface area contributed by atoms with Crippen LogP contribution in [0.1, 0.15) is 40.5 Å². The fourth-order valence-electron chi connectivity index (χ4n) is 1.71. The maximum absolute atomic E-state index is 11.9. The van der Waals surface area contributed by atoms with Gasteiger partial charge in [-0.1, -0.05) is 13.3 Å². The van der Waals surface area contributed by atoms with Gasteiger partial charge in [-0.15, -0.1) is 0 Å². The molecule has 6 nitrogen and oxygen atoms in total. The van der Waals surface area contributed by atoms with E-state index in [2.05, 4.69) is 9.46 Å². The molecule has 0 radical (unpaired) electrons. The number of rotatable bonds is 9. The molecule has 0 amide bonds. The molecule has 0 heterocycles. The molecule has 0 aromatic carbocycles. The van der Waals surface area contributed by atoms with E-state index in [1.807, 2.05) is 20.8 Å². The first-order valence-corrected chi connectivity index (χ1v) is 8.03. The summed E-state index contributed by atoms with van der Waals surface area (Å²) in [4.78, 5) is 11.7. The largest absolute Gasteiger partial charge is 0.468 e. The summed E-state index contributed by atoms with van der Waals surface area (Å²) in [6.07, 6.45) is 1.01. The first-order chi connectivity index (χ1) is 8.67. The van der Waals surface area contributed by atoms with Gasteiger partial charge < -0.3 is 9.47 Å². The van der Waals surface area contributed by atoms with E-state index in [9.17, 15) is 13.2 Å². The summed E-state index contributed by atoms with van der Waals surface area (Å²) in [5, 5.41) is 0. The standard InChI is InChI=1S/C12H25NO5S/c1-6-7-12(4,11(14)17-5)13-19(15,16)9-8-18-10(2)3/h10,13H,6-9H2,1-5H3. The Bertz CT molecular complexity index is 380. The lowest BCUT2D eigenvalue weighted by Crippen LogP contribution is -2.53. The first-order valence-electron chi connectivity index (χ1n) is 6.38. The fraction of sp³-hybridized carbons (Fsp3) is 0.917. The molecule has 0 aromatic heterocycles. The minimum Gasteiger partial charge on any atom is -0.468 e. The number of esters is 1. The maximum Gasteiger partial charge on any atom is 0.326 e. The van der Waals surface area contributed by atoms with Gasteiger partial charge in [0.1, 0.15) is 5.54 Å². The SMILES string of the molecule is CCCC(C)(NS(=O)(=O)CCOC(C)C)C(=O)OC. The molecule has 1 atom stereocenters. The molecule has 0 aliphatic carbocycles. The lowest BCUT2D eigenvalue weighted by Gasteiger charge is -2.27. The molecule has 0 saturated heterocycles. The van der Waals surface area contributed by atoms with E-state index >= 15 is 0 Å². The maximum atomic E-state index is 11.9. The lowest BCUT2D eigenvalue weighted by molar-refractivity contribution is -0.147. The van der Waals surface area contributed by atoms with Gasteiger partial charge in [0.25, 0.3) is 0 Å². The lowest BCUT2D eigenvalue weighted by atomic mass is 9.98. The van der Waals surface area contributed by atoms with Crippen molar-refractivity contribution in [1.29, 1.82) is 0 Å².